The molecule has 0 radical (unpaired) electrons. The highest BCUT2D eigenvalue weighted by atomic mass is 32.1. The zero-order valence-electron chi connectivity index (χ0n) is 5.89. The summed E-state index contributed by atoms with van der Waals surface area (Å²) in [5, 5.41) is 3.11. The molecule has 0 spiro atoms. The average molecular weight is 149 g/mol. The molecule has 0 heterocycles. The van der Waals surface area contributed by atoms with Crippen molar-refractivity contribution in [3.63, 3.8) is 0 Å². The summed E-state index contributed by atoms with van der Waals surface area (Å²) in [6.07, 6.45) is 1.16. The summed E-state index contributed by atoms with van der Waals surface area (Å²) < 4.78 is 5.10. The van der Waals surface area contributed by atoms with Gasteiger partial charge in [-0.25, -0.2) is 0 Å². The van der Waals surface area contributed by atoms with Crippen LogP contribution in [0.15, 0.2) is 0 Å². The fourth-order valence-corrected chi connectivity index (χ4v) is 0.587. The maximum absolute atomic E-state index is 5.10. The number of thiol groups is 1. The van der Waals surface area contributed by atoms with Crippen molar-refractivity contribution < 1.29 is 4.74 Å². The van der Waals surface area contributed by atoms with Gasteiger partial charge in [-0.3, -0.25) is 5.32 Å². The fourth-order valence-electron chi connectivity index (χ4n) is 0.458. The van der Waals surface area contributed by atoms with Gasteiger partial charge in [0.25, 0.3) is 0 Å². The molecule has 9 heavy (non-hydrogen) atoms. The summed E-state index contributed by atoms with van der Waals surface area (Å²) in [7, 11) is 0. The minimum atomic E-state index is 0.661. The quantitative estimate of drug-likeness (QED) is 0.332. The predicted molar refractivity (Wildman–Crippen MR) is 43.0 cm³/mol. The first-order valence-corrected chi connectivity index (χ1v) is 3.94. The molecule has 0 saturated heterocycles. The largest absolute Gasteiger partial charge is 0.365 e. The predicted octanol–water partition coefficient (Wildman–Crippen LogP) is 0.890. The summed E-state index contributed by atoms with van der Waals surface area (Å²) in [5.41, 5.74) is 0. The number of hydrogen-bond acceptors (Lipinski definition) is 3. The second-order valence-corrected chi connectivity index (χ2v) is 2.22. The Labute approximate surface area is 62.4 Å². The summed E-state index contributed by atoms with van der Waals surface area (Å²) in [6.45, 7) is 4.56. The number of nitrogens with one attached hydrogen (secondary N) is 1. The Morgan fingerprint density at radius 1 is 1.56 bits per heavy atom. The summed E-state index contributed by atoms with van der Waals surface area (Å²) in [5.74, 6) is 0.799. The zero-order valence-corrected chi connectivity index (χ0v) is 6.79. The molecule has 0 fully saturated rings. The molecule has 0 aliphatic heterocycles. The molecule has 0 saturated carbocycles. The number of hydrogen-bond donors (Lipinski definition) is 2. The van der Waals surface area contributed by atoms with Crippen molar-refractivity contribution in [3.05, 3.63) is 0 Å². The van der Waals surface area contributed by atoms with E-state index in [0.717, 1.165) is 25.3 Å². The van der Waals surface area contributed by atoms with Crippen LogP contribution in [0.1, 0.15) is 13.3 Å². The Morgan fingerprint density at radius 3 is 2.89 bits per heavy atom. The van der Waals surface area contributed by atoms with Gasteiger partial charge in [-0.15, -0.1) is 0 Å². The highest BCUT2D eigenvalue weighted by Crippen LogP contribution is 1.75. The molecule has 0 unspecified atom stereocenters. The van der Waals surface area contributed by atoms with E-state index in [1.165, 1.54) is 0 Å². The molecule has 0 rings (SSSR count). The maximum atomic E-state index is 5.10. The van der Waals surface area contributed by atoms with Gasteiger partial charge in [-0.2, -0.15) is 12.6 Å². The molecule has 2 nitrogen and oxygen atoms in total. The van der Waals surface area contributed by atoms with Crippen LogP contribution in [0.3, 0.4) is 0 Å². The Morgan fingerprint density at radius 2 is 2.33 bits per heavy atom. The van der Waals surface area contributed by atoms with Crippen LogP contribution in [-0.2, 0) is 4.74 Å². The van der Waals surface area contributed by atoms with Crippen molar-refractivity contribution >= 4 is 12.6 Å². The monoisotopic (exact) mass is 149 g/mol. The summed E-state index contributed by atoms with van der Waals surface area (Å²) in [6, 6.07) is 0. The van der Waals surface area contributed by atoms with Gasteiger partial charge in [0.2, 0.25) is 0 Å². The molecule has 0 aromatic rings. The summed E-state index contributed by atoms with van der Waals surface area (Å²) >= 11 is 3.99. The Hall–Kier alpha value is 0.270. The lowest BCUT2D eigenvalue weighted by Gasteiger charge is -2.01. The van der Waals surface area contributed by atoms with Crippen LogP contribution in [0.25, 0.3) is 0 Å². The van der Waals surface area contributed by atoms with Crippen molar-refractivity contribution in [2.75, 3.05) is 25.6 Å². The molecule has 0 bridgehead atoms. The standard InChI is InChI=1S/C6H15NOS/c1-2-3-7-6-8-4-5-9/h7,9H,2-6H2,1H3. The first-order chi connectivity index (χ1) is 4.41. The molecule has 1 N–H and O–H groups in total. The lowest BCUT2D eigenvalue weighted by molar-refractivity contribution is 0.131. The molecule has 0 aliphatic rings. The van der Waals surface area contributed by atoms with Gasteiger partial charge in [0.15, 0.2) is 0 Å². The van der Waals surface area contributed by atoms with E-state index in [9.17, 15) is 0 Å². The van der Waals surface area contributed by atoms with Gasteiger partial charge in [0, 0.05) is 5.75 Å². The van der Waals surface area contributed by atoms with E-state index in [1.54, 1.807) is 0 Å². The van der Waals surface area contributed by atoms with Crippen LogP contribution in [0.4, 0.5) is 0 Å². The van der Waals surface area contributed by atoms with E-state index in [0.29, 0.717) is 6.73 Å². The third-order valence-electron chi connectivity index (χ3n) is 0.867. The molecule has 0 atom stereocenters. The van der Waals surface area contributed by atoms with E-state index >= 15 is 0 Å². The maximum Gasteiger partial charge on any atom is 0.0965 e. The zero-order chi connectivity index (χ0) is 6.95. The van der Waals surface area contributed by atoms with E-state index in [1.807, 2.05) is 0 Å². The van der Waals surface area contributed by atoms with Crippen LogP contribution in [-0.4, -0.2) is 25.6 Å². The molecule has 0 amide bonds. The first kappa shape index (κ1) is 9.27. The SMILES string of the molecule is CCCNCOCCS. The number of rotatable bonds is 6. The molecule has 56 valence electrons. The third kappa shape index (κ3) is 8.27. The Bertz CT molecular complexity index is 46.3. The van der Waals surface area contributed by atoms with E-state index in [-0.39, 0.29) is 0 Å². The smallest absolute Gasteiger partial charge is 0.0965 e. The van der Waals surface area contributed by atoms with Crippen molar-refractivity contribution in [2.24, 2.45) is 0 Å². The second-order valence-electron chi connectivity index (χ2n) is 1.78. The van der Waals surface area contributed by atoms with Crippen LogP contribution >= 0.6 is 12.6 Å². The molecule has 0 aromatic heterocycles. The molecular weight excluding hydrogens is 134 g/mol. The summed E-state index contributed by atoms with van der Waals surface area (Å²) in [4.78, 5) is 0. The third-order valence-corrected chi connectivity index (χ3v) is 1.05. The van der Waals surface area contributed by atoms with Gasteiger partial charge in [-0.05, 0) is 13.0 Å². The fraction of sp³-hybridized carbons (Fsp3) is 1.00. The van der Waals surface area contributed by atoms with Crippen LogP contribution in [0, 0.1) is 0 Å². The molecule has 0 aliphatic carbocycles. The Balaban J connectivity index is 2.60. The van der Waals surface area contributed by atoms with E-state index in [2.05, 4.69) is 24.9 Å². The van der Waals surface area contributed by atoms with Gasteiger partial charge >= 0.3 is 0 Å². The molecule has 0 aromatic carbocycles. The van der Waals surface area contributed by atoms with E-state index in [4.69, 9.17) is 4.74 Å². The Kier molecular flexibility index (Phi) is 8.52. The lowest BCUT2D eigenvalue weighted by Crippen LogP contribution is -2.19. The normalized spacial score (nSPS) is 10.0. The lowest BCUT2D eigenvalue weighted by atomic mass is 10.5. The molecule has 3 heteroatoms. The van der Waals surface area contributed by atoms with Crippen molar-refractivity contribution in [3.8, 4) is 0 Å². The van der Waals surface area contributed by atoms with Crippen molar-refractivity contribution in [1.29, 1.82) is 0 Å². The van der Waals surface area contributed by atoms with Gasteiger partial charge in [-0.1, -0.05) is 6.92 Å². The topological polar surface area (TPSA) is 21.3 Å². The van der Waals surface area contributed by atoms with Crippen LogP contribution < -0.4 is 5.32 Å². The van der Waals surface area contributed by atoms with E-state index < -0.39 is 0 Å². The average Bonchev–Trinajstić information content (AvgIpc) is 1.89. The minimum absolute atomic E-state index is 0.661. The minimum Gasteiger partial charge on any atom is -0.365 e. The van der Waals surface area contributed by atoms with Crippen molar-refractivity contribution in [2.45, 2.75) is 13.3 Å². The first-order valence-electron chi connectivity index (χ1n) is 3.31. The highest BCUT2D eigenvalue weighted by Gasteiger charge is 1.82. The van der Waals surface area contributed by atoms with Crippen LogP contribution in [0.5, 0.6) is 0 Å². The second kappa shape index (κ2) is 8.27. The number of ether oxygens (including phenoxy) is 1. The van der Waals surface area contributed by atoms with Crippen molar-refractivity contribution in [1.82, 2.24) is 5.32 Å². The van der Waals surface area contributed by atoms with Gasteiger partial charge < -0.3 is 4.74 Å². The van der Waals surface area contributed by atoms with Crippen LogP contribution in [0.2, 0.25) is 0 Å². The highest BCUT2D eigenvalue weighted by molar-refractivity contribution is 7.80. The van der Waals surface area contributed by atoms with Gasteiger partial charge in [0.1, 0.15) is 0 Å². The van der Waals surface area contributed by atoms with Gasteiger partial charge in [0.05, 0.1) is 13.3 Å². The molecular formula is C6H15NOS.